The Labute approximate surface area is 130 Å². The molecule has 1 aliphatic heterocycles. The van der Waals surface area contributed by atoms with Crippen molar-refractivity contribution in [1.82, 2.24) is 4.90 Å². The highest BCUT2D eigenvalue weighted by atomic mass is 19.1. The zero-order valence-electron chi connectivity index (χ0n) is 13.5. The molecule has 0 bridgehead atoms. The first-order valence-corrected chi connectivity index (χ1v) is 7.26. The predicted molar refractivity (Wildman–Crippen MR) is 80.6 cm³/mol. The molecule has 0 aromatic heterocycles. The Kier molecular flexibility index (Phi) is 6.14. The smallest absolute Gasteiger partial charge is 0.123 e. The summed E-state index contributed by atoms with van der Waals surface area (Å²) in [4.78, 5) is 2.08. The highest BCUT2D eigenvalue weighted by Crippen LogP contribution is 2.24. The van der Waals surface area contributed by atoms with E-state index in [2.05, 4.69) is 4.90 Å². The number of hydrogen-bond donors (Lipinski definition) is 0. The van der Waals surface area contributed by atoms with Crippen molar-refractivity contribution in [1.29, 1.82) is 0 Å². The second-order valence-corrected chi connectivity index (χ2v) is 5.45. The van der Waals surface area contributed by atoms with Gasteiger partial charge in [-0.25, -0.2) is 4.39 Å². The van der Waals surface area contributed by atoms with Crippen molar-refractivity contribution >= 4 is 0 Å². The van der Waals surface area contributed by atoms with Crippen molar-refractivity contribution in [3.05, 3.63) is 29.6 Å². The molecule has 3 atom stereocenters. The summed E-state index contributed by atoms with van der Waals surface area (Å²) in [5.74, 6) is 0.393. The summed E-state index contributed by atoms with van der Waals surface area (Å²) in [6.07, 6.45) is -0.205. The maximum absolute atomic E-state index is 13.5. The zero-order chi connectivity index (χ0) is 16.1. The molecule has 1 aromatic carbocycles. The van der Waals surface area contributed by atoms with Gasteiger partial charge in [0.2, 0.25) is 0 Å². The van der Waals surface area contributed by atoms with Crippen LogP contribution >= 0.6 is 0 Å². The van der Waals surface area contributed by atoms with Crippen molar-refractivity contribution in [2.75, 3.05) is 41.6 Å². The summed E-state index contributed by atoms with van der Waals surface area (Å²) in [6.45, 7) is 1.60. The van der Waals surface area contributed by atoms with E-state index in [0.29, 0.717) is 25.5 Å². The van der Waals surface area contributed by atoms with Gasteiger partial charge in [-0.15, -0.1) is 0 Å². The minimum atomic E-state index is -0.276. The van der Waals surface area contributed by atoms with Gasteiger partial charge in [0.05, 0.1) is 26.4 Å². The van der Waals surface area contributed by atoms with Gasteiger partial charge in [0.25, 0.3) is 0 Å². The van der Waals surface area contributed by atoms with Gasteiger partial charge in [0.15, 0.2) is 0 Å². The van der Waals surface area contributed by atoms with Crippen LogP contribution in [-0.2, 0) is 20.8 Å². The molecular formula is C16H24FNO4. The fourth-order valence-electron chi connectivity index (χ4n) is 2.89. The number of nitrogens with zero attached hydrogens (tertiary/aromatic N) is 1. The maximum Gasteiger partial charge on any atom is 0.123 e. The average molecular weight is 313 g/mol. The van der Waals surface area contributed by atoms with Gasteiger partial charge < -0.3 is 18.9 Å². The lowest BCUT2D eigenvalue weighted by Crippen LogP contribution is -2.56. The lowest BCUT2D eigenvalue weighted by molar-refractivity contribution is -0.153. The topological polar surface area (TPSA) is 40.2 Å². The Hall–Kier alpha value is -1.21. The van der Waals surface area contributed by atoms with Crippen LogP contribution in [0.3, 0.4) is 0 Å². The number of ether oxygens (including phenoxy) is 4. The summed E-state index contributed by atoms with van der Waals surface area (Å²) < 4.78 is 35.4. The van der Waals surface area contributed by atoms with Gasteiger partial charge in [0, 0.05) is 26.3 Å². The monoisotopic (exact) mass is 313 g/mol. The summed E-state index contributed by atoms with van der Waals surface area (Å²) in [7, 11) is 6.87. The van der Waals surface area contributed by atoms with Crippen molar-refractivity contribution in [2.24, 2.45) is 0 Å². The Morgan fingerprint density at radius 3 is 2.64 bits per heavy atom. The molecule has 0 N–H and O–H groups in total. The molecule has 0 radical (unpaired) electrons. The van der Waals surface area contributed by atoms with E-state index in [-0.39, 0.29) is 24.1 Å². The van der Waals surface area contributed by atoms with E-state index in [1.807, 2.05) is 7.05 Å². The Balaban J connectivity index is 2.13. The van der Waals surface area contributed by atoms with Crippen LogP contribution in [0.2, 0.25) is 0 Å². The lowest BCUT2D eigenvalue weighted by Gasteiger charge is -2.40. The largest absolute Gasteiger partial charge is 0.496 e. The SMILES string of the molecule is COc1ccc(F)cc1CN(C)[C@@H]1COC[C@@H](OC)[C@H]1OC. The van der Waals surface area contributed by atoms with Crippen LogP contribution < -0.4 is 4.74 Å². The molecule has 1 saturated heterocycles. The normalized spacial score (nSPS) is 25.5. The second kappa shape index (κ2) is 7.87. The number of methoxy groups -OCH3 is 3. The van der Waals surface area contributed by atoms with Gasteiger partial charge in [-0.3, -0.25) is 4.90 Å². The number of benzene rings is 1. The van der Waals surface area contributed by atoms with Crippen molar-refractivity contribution < 1.29 is 23.3 Å². The molecule has 1 aliphatic rings. The summed E-state index contributed by atoms with van der Waals surface area (Å²) in [5.41, 5.74) is 0.791. The van der Waals surface area contributed by atoms with Crippen LogP contribution in [0.1, 0.15) is 5.56 Å². The van der Waals surface area contributed by atoms with Gasteiger partial charge in [-0.05, 0) is 25.2 Å². The van der Waals surface area contributed by atoms with E-state index < -0.39 is 0 Å². The third kappa shape index (κ3) is 3.76. The lowest BCUT2D eigenvalue weighted by atomic mass is 10.0. The summed E-state index contributed by atoms with van der Waals surface area (Å²) in [6, 6.07) is 4.55. The highest BCUT2D eigenvalue weighted by molar-refractivity contribution is 5.33. The molecule has 6 heteroatoms. The third-order valence-electron chi connectivity index (χ3n) is 4.12. The average Bonchev–Trinajstić information content (AvgIpc) is 2.54. The van der Waals surface area contributed by atoms with Crippen molar-refractivity contribution in [3.63, 3.8) is 0 Å². The maximum atomic E-state index is 13.5. The van der Waals surface area contributed by atoms with Gasteiger partial charge in [-0.1, -0.05) is 0 Å². The standard InChI is InChI=1S/C16H24FNO4/c1-18(8-11-7-12(17)5-6-14(11)19-2)13-9-22-10-15(20-3)16(13)21-4/h5-7,13,15-16H,8-10H2,1-4H3/t13-,15-,16+/m1/s1. The van der Waals surface area contributed by atoms with E-state index in [4.69, 9.17) is 18.9 Å². The fraction of sp³-hybridized carbons (Fsp3) is 0.625. The first-order valence-electron chi connectivity index (χ1n) is 7.26. The Bertz CT molecular complexity index is 485. The molecular weight excluding hydrogens is 289 g/mol. The molecule has 1 heterocycles. The minimum absolute atomic E-state index is 0.0247. The van der Waals surface area contributed by atoms with Crippen LogP contribution in [-0.4, -0.2) is 64.7 Å². The Morgan fingerprint density at radius 1 is 1.23 bits per heavy atom. The first-order chi connectivity index (χ1) is 10.6. The molecule has 124 valence electrons. The Morgan fingerprint density at radius 2 is 2.00 bits per heavy atom. The summed E-state index contributed by atoms with van der Waals surface area (Å²) in [5, 5.41) is 0. The van der Waals surface area contributed by atoms with Crippen LogP contribution in [0, 0.1) is 5.82 Å². The van der Waals surface area contributed by atoms with Crippen LogP contribution in [0.15, 0.2) is 18.2 Å². The van der Waals surface area contributed by atoms with E-state index in [1.54, 1.807) is 27.4 Å². The predicted octanol–water partition coefficient (Wildman–Crippen LogP) is 1.69. The molecule has 0 spiro atoms. The summed E-state index contributed by atoms with van der Waals surface area (Å²) >= 11 is 0. The van der Waals surface area contributed by atoms with Crippen LogP contribution in [0.25, 0.3) is 0 Å². The molecule has 0 saturated carbocycles. The molecule has 5 nitrogen and oxygen atoms in total. The molecule has 0 amide bonds. The number of hydrogen-bond acceptors (Lipinski definition) is 5. The number of rotatable bonds is 6. The van der Waals surface area contributed by atoms with E-state index in [1.165, 1.54) is 12.1 Å². The molecule has 1 fully saturated rings. The van der Waals surface area contributed by atoms with Crippen molar-refractivity contribution in [2.45, 2.75) is 24.8 Å². The first kappa shape index (κ1) is 17.1. The molecule has 0 aliphatic carbocycles. The molecule has 1 aromatic rings. The third-order valence-corrected chi connectivity index (χ3v) is 4.12. The quantitative estimate of drug-likeness (QED) is 0.799. The second-order valence-electron chi connectivity index (χ2n) is 5.45. The van der Waals surface area contributed by atoms with Gasteiger partial charge in [-0.2, -0.15) is 0 Å². The fourth-order valence-corrected chi connectivity index (χ4v) is 2.89. The molecule has 2 rings (SSSR count). The zero-order valence-corrected chi connectivity index (χ0v) is 13.5. The molecule has 22 heavy (non-hydrogen) atoms. The van der Waals surface area contributed by atoms with E-state index in [9.17, 15) is 4.39 Å². The number of likely N-dealkylation sites (N-methyl/N-ethyl adjacent to an activating group) is 1. The highest BCUT2D eigenvalue weighted by Gasteiger charge is 2.37. The van der Waals surface area contributed by atoms with Crippen LogP contribution in [0.4, 0.5) is 4.39 Å². The van der Waals surface area contributed by atoms with Crippen molar-refractivity contribution in [3.8, 4) is 5.75 Å². The van der Waals surface area contributed by atoms with E-state index in [0.717, 1.165) is 5.56 Å². The number of halogens is 1. The molecule has 0 unspecified atom stereocenters. The van der Waals surface area contributed by atoms with Crippen LogP contribution in [0.5, 0.6) is 5.75 Å². The van der Waals surface area contributed by atoms with E-state index >= 15 is 0 Å². The minimum Gasteiger partial charge on any atom is -0.496 e. The van der Waals surface area contributed by atoms with Gasteiger partial charge in [0.1, 0.15) is 23.8 Å². The van der Waals surface area contributed by atoms with Gasteiger partial charge >= 0.3 is 0 Å².